The molecule has 2 fully saturated rings. The van der Waals surface area contributed by atoms with Crippen molar-refractivity contribution in [3.8, 4) is 0 Å². The van der Waals surface area contributed by atoms with Gasteiger partial charge in [-0.15, -0.1) is 10.2 Å². The second-order valence-electron chi connectivity index (χ2n) is 5.95. The molecule has 0 aliphatic carbocycles. The molecule has 1 atom stereocenters. The number of hydrogen-bond donors (Lipinski definition) is 1. The number of aryl methyl sites for hydroxylation is 1. The largest absolute Gasteiger partial charge is 0.342 e. The van der Waals surface area contributed by atoms with E-state index in [1.165, 1.54) is 11.3 Å². The Morgan fingerprint density at radius 2 is 2.23 bits per heavy atom. The molecule has 1 aromatic heterocycles. The average Bonchev–Trinajstić information content (AvgIpc) is 3.08. The van der Waals surface area contributed by atoms with Crippen LogP contribution in [0.3, 0.4) is 0 Å². The van der Waals surface area contributed by atoms with Crippen LogP contribution in [0.15, 0.2) is 0 Å². The van der Waals surface area contributed by atoms with E-state index in [0.29, 0.717) is 24.0 Å². The minimum absolute atomic E-state index is 0.117. The number of likely N-dealkylation sites (tertiary alicyclic amines) is 2. The van der Waals surface area contributed by atoms with Crippen molar-refractivity contribution in [3.63, 3.8) is 0 Å². The van der Waals surface area contributed by atoms with E-state index in [0.717, 1.165) is 43.9 Å². The molecule has 0 aromatic carbocycles. The Kier molecular flexibility index (Phi) is 4.56. The van der Waals surface area contributed by atoms with Crippen molar-refractivity contribution in [2.24, 2.45) is 5.92 Å². The molecule has 0 bridgehead atoms. The summed E-state index contributed by atoms with van der Waals surface area (Å²) in [6.07, 6.45) is 3.69. The number of carbonyl (C=O) groups excluding carboxylic acids is 2. The summed E-state index contributed by atoms with van der Waals surface area (Å²) in [5, 5.41) is 12.0. The lowest BCUT2D eigenvalue weighted by atomic mass is 9.98. The first kappa shape index (κ1) is 15.2. The van der Waals surface area contributed by atoms with Crippen LogP contribution >= 0.6 is 11.3 Å². The number of carbonyl (C=O) groups is 2. The third-order valence-electron chi connectivity index (χ3n) is 4.20. The number of hydrogen-bond acceptors (Lipinski definition) is 5. The standard InChI is InChI=1S/C14H21N5O2S/c1-10-16-17-13(22-10)15-14(21)19-7-2-4-11(9-19)8-18-6-3-5-12(18)20/h11H,2-9H2,1H3,(H,15,17,21)/t11-/m1/s1. The van der Waals surface area contributed by atoms with Crippen LogP contribution in [0.25, 0.3) is 0 Å². The summed E-state index contributed by atoms with van der Waals surface area (Å²) in [5.41, 5.74) is 0. The van der Waals surface area contributed by atoms with Crippen LogP contribution in [0.4, 0.5) is 9.93 Å². The Hall–Kier alpha value is -1.70. The monoisotopic (exact) mass is 323 g/mol. The van der Waals surface area contributed by atoms with Gasteiger partial charge in [0.25, 0.3) is 0 Å². The maximum Gasteiger partial charge on any atom is 0.323 e. The van der Waals surface area contributed by atoms with E-state index in [2.05, 4.69) is 15.5 Å². The highest BCUT2D eigenvalue weighted by Crippen LogP contribution is 2.22. The molecule has 3 heterocycles. The van der Waals surface area contributed by atoms with Gasteiger partial charge in [0.15, 0.2) is 0 Å². The van der Waals surface area contributed by atoms with E-state index < -0.39 is 0 Å². The van der Waals surface area contributed by atoms with Crippen molar-refractivity contribution in [2.45, 2.75) is 32.6 Å². The van der Waals surface area contributed by atoms with Crippen LogP contribution in [0.5, 0.6) is 0 Å². The molecule has 2 aliphatic heterocycles. The lowest BCUT2D eigenvalue weighted by molar-refractivity contribution is -0.128. The van der Waals surface area contributed by atoms with E-state index in [1.54, 1.807) is 0 Å². The van der Waals surface area contributed by atoms with Crippen LogP contribution in [-0.2, 0) is 4.79 Å². The van der Waals surface area contributed by atoms with Gasteiger partial charge in [-0.1, -0.05) is 11.3 Å². The number of aromatic nitrogens is 2. The zero-order valence-corrected chi connectivity index (χ0v) is 13.6. The van der Waals surface area contributed by atoms with Gasteiger partial charge in [-0.25, -0.2) is 4.79 Å². The minimum atomic E-state index is -0.117. The smallest absolute Gasteiger partial charge is 0.323 e. The Morgan fingerprint density at radius 1 is 1.36 bits per heavy atom. The summed E-state index contributed by atoms with van der Waals surface area (Å²) >= 11 is 1.37. The lowest BCUT2D eigenvalue weighted by Gasteiger charge is -2.34. The van der Waals surface area contributed by atoms with Crippen molar-refractivity contribution >= 4 is 28.4 Å². The zero-order valence-electron chi connectivity index (χ0n) is 12.7. The first-order valence-corrected chi connectivity index (χ1v) is 8.57. The van der Waals surface area contributed by atoms with Crippen molar-refractivity contribution < 1.29 is 9.59 Å². The Bertz CT molecular complexity index is 561. The second kappa shape index (κ2) is 6.60. The van der Waals surface area contributed by atoms with E-state index >= 15 is 0 Å². The fraction of sp³-hybridized carbons (Fsp3) is 0.714. The van der Waals surface area contributed by atoms with E-state index in [4.69, 9.17) is 0 Å². The predicted octanol–water partition coefficient (Wildman–Crippen LogP) is 1.71. The summed E-state index contributed by atoms with van der Waals surface area (Å²) in [6, 6.07) is -0.117. The van der Waals surface area contributed by atoms with Crippen molar-refractivity contribution in [1.29, 1.82) is 0 Å². The van der Waals surface area contributed by atoms with Gasteiger partial charge in [0.2, 0.25) is 11.0 Å². The number of nitrogens with zero attached hydrogens (tertiary/aromatic N) is 4. The highest BCUT2D eigenvalue weighted by atomic mass is 32.1. The third-order valence-corrected chi connectivity index (χ3v) is 4.95. The quantitative estimate of drug-likeness (QED) is 0.918. The molecule has 7 nitrogen and oxygen atoms in total. The molecular weight excluding hydrogens is 302 g/mol. The number of urea groups is 1. The average molecular weight is 323 g/mol. The Morgan fingerprint density at radius 3 is 2.91 bits per heavy atom. The summed E-state index contributed by atoms with van der Waals surface area (Å²) in [7, 11) is 0. The number of piperidine rings is 1. The van der Waals surface area contributed by atoms with Crippen molar-refractivity contribution in [2.75, 3.05) is 31.5 Å². The SMILES string of the molecule is Cc1nnc(NC(=O)N2CCC[C@H](CN3CCCC3=O)C2)s1. The van der Waals surface area contributed by atoms with Gasteiger partial charge >= 0.3 is 6.03 Å². The maximum absolute atomic E-state index is 12.3. The molecule has 2 saturated heterocycles. The Labute approximate surface area is 133 Å². The van der Waals surface area contributed by atoms with Crippen LogP contribution in [0.2, 0.25) is 0 Å². The van der Waals surface area contributed by atoms with Crippen molar-refractivity contribution in [3.05, 3.63) is 5.01 Å². The van der Waals surface area contributed by atoms with E-state index in [9.17, 15) is 9.59 Å². The highest BCUT2D eigenvalue weighted by molar-refractivity contribution is 7.15. The van der Waals surface area contributed by atoms with E-state index in [1.807, 2.05) is 16.7 Å². The van der Waals surface area contributed by atoms with Gasteiger partial charge in [-0.05, 0) is 32.1 Å². The summed E-state index contributed by atoms with van der Waals surface area (Å²) in [6.45, 7) is 4.96. The van der Waals surface area contributed by atoms with Crippen LogP contribution in [0.1, 0.15) is 30.7 Å². The topological polar surface area (TPSA) is 78.4 Å². The summed E-state index contributed by atoms with van der Waals surface area (Å²) in [5.74, 6) is 0.628. The minimum Gasteiger partial charge on any atom is -0.342 e. The molecule has 22 heavy (non-hydrogen) atoms. The first-order chi connectivity index (χ1) is 10.6. The van der Waals surface area contributed by atoms with Crippen LogP contribution in [0, 0.1) is 12.8 Å². The van der Waals surface area contributed by atoms with Gasteiger partial charge < -0.3 is 9.80 Å². The molecule has 1 N–H and O–H groups in total. The molecule has 0 saturated carbocycles. The normalized spacial score (nSPS) is 22.2. The molecule has 8 heteroatoms. The van der Waals surface area contributed by atoms with Gasteiger partial charge in [-0.2, -0.15) is 0 Å². The van der Waals surface area contributed by atoms with E-state index in [-0.39, 0.29) is 11.9 Å². The van der Waals surface area contributed by atoms with Gasteiger partial charge in [0.1, 0.15) is 5.01 Å². The maximum atomic E-state index is 12.3. The van der Waals surface area contributed by atoms with Gasteiger partial charge in [0.05, 0.1) is 0 Å². The number of anilines is 1. The molecule has 2 aliphatic rings. The molecule has 0 radical (unpaired) electrons. The summed E-state index contributed by atoms with van der Waals surface area (Å²) in [4.78, 5) is 27.8. The molecule has 1 aromatic rings. The van der Waals surface area contributed by atoms with Crippen molar-refractivity contribution in [1.82, 2.24) is 20.0 Å². The molecule has 3 rings (SSSR count). The van der Waals surface area contributed by atoms with Gasteiger partial charge in [0, 0.05) is 32.6 Å². The fourth-order valence-corrected chi connectivity index (χ4v) is 3.71. The van der Waals surface area contributed by atoms with Gasteiger partial charge in [-0.3, -0.25) is 10.1 Å². The lowest BCUT2D eigenvalue weighted by Crippen LogP contribution is -2.45. The summed E-state index contributed by atoms with van der Waals surface area (Å²) < 4.78 is 0. The molecule has 0 spiro atoms. The predicted molar refractivity (Wildman–Crippen MR) is 83.8 cm³/mol. The third kappa shape index (κ3) is 3.55. The molecular formula is C14H21N5O2S. The molecule has 120 valence electrons. The molecule has 0 unspecified atom stereocenters. The van der Waals surface area contributed by atoms with Crippen LogP contribution < -0.4 is 5.32 Å². The highest BCUT2D eigenvalue weighted by Gasteiger charge is 2.28. The number of amides is 3. The molecule has 3 amide bonds. The second-order valence-corrected chi connectivity index (χ2v) is 7.14. The number of nitrogens with one attached hydrogen (secondary N) is 1. The van der Waals surface area contributed by atoms with Crippen LogP contribution in [-0.4, -0.2) is 58.1 Å². The Balaban J connectivity index is 1.53. The fourth-order valence-electron chi connectivity index (χ4n) is 3.12. The number of rotatable bonds is 3. The zero-order chi connectivity index (χ0) is 15.5. The first-order valence-electron chi connectivity index (χ1n) is 7.75.